The molecule has 0 N–H and O–H groups in total. The number of benzene rings is 1. The van der Waals surface area contributed by atoms with Crippen LogP contribution in [0.3, 0.4) is 0 Å². The maximum absolute atomic E-state index is 12.8. The van der Waals surface area contributed by atoms with Gasteiger partial charge >= 0.3 is 6.18 Å². The minimum Gasteiger partial charge on any atom is -0.493 e. The molecule has 1 aliphatic carbocycles. The van der Waals surface area contributed by atoms with Crippen molar-refractivity contribution >= 4 is 0 Å². The van der Waals surface area contributed by atoms with Crippen molar-refractivity contribution in [1.82, 2.24) is 0 Å². The lowest BCUT2D eigenvalue weighted by Crippen LogP contribution is -2.22. The molecule has 1 aliphatic heterocycles. The van der Waals surface area contributed by atoms with Crippen LogP contribution in [-0.4, -0.2) is 6.61 Å². The number of para-hydroxylation sites is 1. The van der Waals surface area contributed by atoms with E-state index in [4.69, 9.17) is 4.74 Å². The first kappa shape index (κ1) is 10.00. The number of ether oxygens (including phenoxy) is 1. The molecule has 0 bridgehead atoms. The molecule has 1 aromatic rings. The quantitative estimate of drug-likeness (QED) is 0.660. The molecule has 1 spiro atoms. The second-order valence-corrected chi connectivity index (χ2v) is 4.56. The van der Waals surface area contributed by atoms with Gasteiger partial charge in [0.25, 0.3) is 0 Å². The number of halogens is 3. The van der Waals surface area contributed by atoms with Gasteiger partial charge in [-0.05, 0) is 25.3 Å². The van der Waals surface area contributed by atoms with Crippen molar-refractivity contribution in [2.45, 2.75) is 30.9 Å². The highest BCUT2D eigenvalue weighted by Crippen LogP contribution is 2.57. The average Bonchev–Trinajstić information content (AvgIpc) is 2.97. The van der Waals surface area contributed by atoms with Gasteiger partial charge in [0.2, 0.25) is 0 Å². The third kappa shape index (κ3) is 1.32. The second-order valence-electron chi connectivity index (χ2n) is 4.56. The van der Waals surface area contributed by atoms with E-state index in [0.29, 0.717) is 6.61 Å². The average molecular weight is 228 g/mol. The number of hydrogen-bond acceptors (Lipinski definition) is 1. The summed E-state index contributed by atoms with van der Waals surface area (Å²) in [6, 6.07) is 4.35. The van der Waals surface area contributed by atoms with E-state index in [9.17, 15) is 13.2 Å². The van der Waals surface area contributed by atoms with Crippen LogP contribution in [0.5, 0.6) is 5.75 Å². The molecule has 0 aromatic heterocycles. The fourth-order valence-corrected chi connectivity index (χ4v) is 2.49. The fraction of sp³-hybridized carbons (Fsp3) is 0.500. The van der Waals surface area contributed by atoms with Crippen molar-refractivity contribution in [3.63, 3.8) is 0 Å². The SMILES string of the molecule is FC(F)(F)c1cccc2c1OCCC21CC1. The molecule has 0 radical (unpaired) electrons. The van der Waals surface area contributed by atoms with Gasteiger partial charge in [-0.2, -0.15) is 13.2 Å². The Morgan fingerprint density at radius 1 is 1.12 bits per heavy atom. The van der Waals surface area contributed by atoms with Crippen molar-refractivity contribution in [2.24, 2.45) is 0 Å². The van der Waals surface area contributed by atoms with E-state index >= 15 is 0 Å². The molecule has 1 nitrogen and oxygen atoms in total. The summed E-state index contributed by atoms with van der Waals surface area (Å²) in [6.45, 7) is 0.403. The lowest BCUT2D eigenvalue weighted by atomic mass is 9.88. The van der Waals surface area contributed by atoms with Gasteiger partial charge in [-0.1, -0.05) is 12.1 Å². The van der Waals surface area contributed by atoms with Gasteiger partial charge in [-0.25, -0.2) is 0 Å². The van der Waals surface area contributed by atoms with E-state index in [0.717, 1.165) is 30.9 Å². The molecule has 1 saturated carbocycles. The van der Waals surface area contributed by atoms with Crippen molar-refractivity contribution in [2.75, 3.05) is 6.61 Å². The third-order valence-corrected chi connectivity index (χ3v) is 3.57. The monoisotopic (exact) mass is 228 g/mol. The van der Waals surface area contributed by atoms with Crippen LogP contribution in [0, 0.1) is 0 Å². The first-order valence-electron chi connectivity index (χ1n) is 5.36. The predicted molar refractivity (Wildman–Crippen MR) is 52.5 cm³/mol. The Balaban J connectivity index is 2.16. The van der Waals surface area contributed by atoms with Crippen LogP contribution in [0.4, 0.5) is 13.2 Å². The molecule has 0 unspecified atom stereocenters. The zero-order valence-electron chi connectivity index (χ0n) is 8.60. The van der Waals surface area contributed by atoms with E-state index in [1.165, 1.54) is 6.07 Å². The first-order valence-corrected chi connectivity index (χ1v) is 5.36. The van der Waals surface area contributed by atoms with Crippen LogP contribution >= 0.6 is 0 Å². The van der Waals surface area contributed by atoms with Gasteiger partial charge in [0, 0.05) is 11.0 Å². The summed E-state index contributed by atoms with van der Waals surface area (Å²) in [6.07, 6.45) is -1.49. The highest BCUT2D eigenvalue weighted by molar-refractivity contribution is 5.50. The van der Waals surface area contributed by atoms with E-state index in [1.54, 1.807) is 6.07 Å². The molecule has 1 fully saturated rings. The molecule has 16 heavy (non-hydrogen) atoms. The largest absolute Gasteiger partial charge is 0.493 e. The molecule has 2 aliphatic rings. The summed E-state index contributed by atoms with van der Waals surface area (Å²) in [5.41, 5.74) is 0.124. The van der Waals surface area contributed by atoms with Crippen LogP contribution in [0.15, 0.2) is 18.2 Å². The Morgan fingerprint density at radius 2 is 1.88 bits per heavy atom. The Kier molecular flexibility index (Phi) is 1.83. The summed E-state index contributed by atoms with van der Waals surface area (Å²) < 4.78 is 43.5. The zero-order chi connectivity index (χ0) is 11.4. The first-order chi connectivity index (χ1) is 7.53. The van der Waals surface area contributed by atoms with Crippen LogP contribution in [0.25, 0.3) is 0 Å². The van der Waals surface area contributed by atoms with E-state index < -0.39 is 11.7 Å². The highest BCUT2D eigenvalue weighted by atomic mass is 19.4. The van der Waals surface area contributed by atoms with Crippen LogP contribution in [-0.2, 0) is 11.6 Å². The van der Waals surface area contributed by atoms with Crippen molar-refractivity contribution in [3.05, 3.63) is 29.3 Å². The Hall–Kier alpha value is -1.19. The molecule has 0 saturated heterocycles. The molecule has 86 valence electrons. The van der Waals surface area contributed by atoms with Crippen LogP contribution in [0.2, 0.25) is 0 Å². The van der Waals surface area contributed by atoms with Crippen LogP contribution < -0.4 is 4.74 Å². The van der Waals surface area contributed by atoms with Gasteiger partial charge in [0.1, 0.15) is 5.75 Å². The molecular weight excluding hydrogens is 217 g/mol. The van der Waals surface area contributed by atoms with Crippen LogP contribution in [0.1, 0.15) is 30.4 Å². The maximum atomic E-state index is 12.8. The highest BCUT2D eigenvalue weighted by Gasteiger charge is 2.50. The lowest BCUT2D eigenvalue weighted by Gasteiger charge is -2.28. The summed E-state index contributed by atoms with van der Waals surface area (Å²) in [5, 5.41) is 0. The minimum atomic E-state index is -4.32. The summed E-state index contributed by atoms with van der Waals surface area (Å²) in [4.78, 5) is 0. The van der Waals surface area contributed by atoms with Gasteiger partial charge in [0.15, 0.2) is 0 Å². The van der Waals surface area contributed by atoms with E-state index in [2.05, 4.69) is 0 Å². The molecule has 0 atom stereocenters. The Labute approximate surface area is 91.2 Å². The number of rotatable bonds is 0. The summed E-state index contributed by atoms with van der Waals surface area (Å²) in [5.74, 6) is 0.0683. The van der Waals surface area contributed by atoms with Crippen molar-refractivity contribution in [3.8, 4) is 5.75 Å². The number of fused-ring (bicyclic) bond motifs is 2. The predicted octanol–water partition coefficient (Wildman–Crippen LogP) is 3.52. The van der Waals surface area contributed by atoms with E-state index in [-0.39, 0.29) is 11.2 Å². The molecular formula is C12H11F3O. The van der Waals surface area contributed by atoms with Gasteiger partial charge in [0.05, 0.1) is 12.2 Å². The minimum absolute atomic E-state index is 0.00512. The van der Waals surface area contributed by atoms with Gasteiger partial charge in [-0.15, -0.1) is 0 Å². The van der Waals surface area contributed by atoms with E-state index in [1.807, 2.05) is 0 Å². The molecule has 4 heteroatoms. The Morgan fingerprint density at radius 3 is 2.50 bits per heavy atom. The van der Waals surface area contributed by atoms with Crippen molar-refractivity contribution in [1.29, 1.82) is 0 Å². The van der Waals surface area contributed by atoms with Gasteiger partial charge < -0.3 is 4.74 Å². The smallest absolute Gasteiger partial charge is 0.419 e. The number of alkyl halides is 3. The standard InChI is InChI=1S/C12H11F3O/c13-12(14,15)9-3-1-2-8-10(9)16-7-6-11(8)4-5-11/h1-3H,4-7H2. The summed E-state index contributed by atoms with van der Waals surface area (Å²) >= 11 is 0. The molecule has 0 amide bonds. The topological polar surface area (TPSA) is 9.23 Å². The molecule has 1 aromatic carbocycles. The normalized spacial score (nSPS) is 21.4. The number of hydrogen-bond donors (Lipinski definition) is 0. The summed E-state index contributed by atoms with van der Waals surface area (Å²) in [7, 11) is 0. The zero-order valence-corrected chi connectivity index (χ0v) is 8.60. The third-order valence-electron chi connectivity index (χ3n) is 3.57. The van der Waals surface area contributed by atoms with Gasteiger partial charge in [-0.3, -0.25) is 0 Å². The maximum Gasteiger partial charge on any atom is 0.419 e. The Bertz CT molecular complexity index is 418. The lowest BCUT2D eigenvalue weighted by molar-refractivity contribution is -0.139. The molecule has 1 heterocycles. The second kappa shape index (κ2) is 2.93. The molecule has 3 rings (SSSR count). The van der Waals surface area contributed by atoms with Crippen molar-refractivity contribution < 1.29 is 17.9 Å². The fourth-order valence-electron chi connectivity index (χ4n) is 2.49.